The molecule has 2 aromatic carbocycles. The molecule has 0 amide bonds. The van der Waals surface area contributed by atoms with E-state index in [1.165, 1.54) is 67.8 Å². The second kappa shape index (κ2) is 12.6. The number of hydrogen-bond donors (Lipinski definition) is 0. The topological polar surface area (TPSA) is 0 Å². The molecule has 0 aromatic heterocycles. The number of hydrogen-bond acceptors (Lipinski definition) is 0. The second-order valence-corrected chi connectivity index (χ2v) is 11.3. The molecule has 0 heterocycles. The van der Waals surface area contributed by atoms with Crippen LogP contribution < -0.4 is 10.4 Å². The molecule has 27 heavy (non-hydrogen) atoms. The average molecular weight is 377 g/mol. The van der Waals surface area contributed by atoms with Crippen molar-refractivity contribution in [1.82, 2.24) is 0 Å². The largest absolute Gasteiger partial charge is 0.199 e. The lowest BCUT2D eigenvalue weighted by Crippen LogP contribution is -2.57. The van der Waals surface area contributed by atoms with Gasteiger partial charge < -0.3 is 0 Å². The van der Waals surface area contributed by atoms with E-state index in [1.807, 2.05) is 0 Å². The molecule has 0 atom stereocenters. The van der Waals surface area contributed by atoms with Crippen LogP contribution in [0.2, 0.25) is 6.04 Å². The van der Waals surface area contributed by atoms with Crippen molar-refractivity contribution in [3.8, 4) is 11.5 Å². The maximum absolute atomic E-state index is 3.91. The molecular weight excluding hydrogens is 340 g/mol. The van der Waals surface area contributed by atoms with E-state index in [2.05, 4.69) is 86.0 Å². The molecule has 0 bridgehead atoms. The summed E-state index contributed by atoms with van der Waals surface area (Å²) in [5.41, 5.74) is 3.91. The van der Waals surface area contributed by atoms with Crippen molar-refractivity contribution in [2.75, 3.05) is 0 Å². The van der Waals surface area contributed by atoms with Gasteiger partial charge in [0.25, 0.3) is 0 Å². The summed E-state index contributed by atoms with van der Waals surface area (Å²) in [5, 5.41) is 2.96. The first-order valence-corrected chi connectivity index (χ1v) is 13.1. The molecule has 0 aliphatic carbocycles. The molecule has 0 fully saturated rings. The van der Waals surface area contributed by atoms with E-state index in [0.717, 1.165) is 6.42 Å². The van der Waals surface area contributed by atoms with Crippen molar-refractivity contribution in [2.45, 2.75) is 77.7 Å². The molecule has 0 nitrogen and oxygen atoms in total. The summed E-state index contributed by atoms with van der Waals surface area (Å²) in [6.45, 7) is 4.56. The summed E-state index contributed by atoms with van der Waals surface area (Å²) in [6.07, 6.45) is 11.4. The minimum atomic E-state index is -2.03. The molecule has 0 spiro atoms. The third-order valence-corrected chi connectivity index (χ3v) is 9.74. The van der Waals surface area contributed by atoms with Crippen LogP contribution in [0.1, 0.15) is 71.6 Å². The average Bonchev–Trinajstić information content (AvgIpc) is 2.73. The molecule has 144 valence electrons. The molecule has 2 rings (SSSR count). The minimum Gasteiger partial charge on any atom is -0.120 e. The van der Waals surface area contributed by atoms with Crippen LogP contribution in [0, 0.1) is 11.5 Å². The lowest BCUT2D eigenvalue weighted by atomic mass is 10.2. The van der Waals surface area contributed by atoms with E-state index < -0.39 is 8.07 Å². The summed E-state index contributed by atoms with van der Waals surface area (Å²) in [6, 6.07) is 23.5. The third-order valence-electron chi connectivity index (χ3n) is 5.40. The Morgan fingerprint density at radius 2 is 1.15 bits per heavy atom. The van der Waals surface area contributed by atoms with Gasteiger partial charge in [0.2, 0.25) is 0 Å². The monoisotopic (exact) mass is 376 g/mol. The Kier molecular flexibility index (Phi) is 10.0. The van der Waals surface area contributed by atoms with Gasteiger partial charge in [0.15, 0.2) is 8.07 Å². The van der Waals surface area contributed by atoms with E-state index in [4.69, 9.17) is 0 Å². The zero-order chi connectivity index (χ0) is 19.2. The summed E-state index contributed by atoms with van der Waals surface area (Å²) in [4.78, 5) is 0. The molecule has 0 saturated carbocycles. The van der Waals surface area contributed by atoms with Gasteiger partial charge >= 0.3 is 0 Å². The van der Waals surface area contributed by atoms with Crippen LogP contribution in [-0.4, -0.2) is 8.07 Å². The molecule has 0 aliphatic rings. The Morgan fingerprint density at radius 3 is 1.67 bits per heavy atom. The van der Waals surface area contributed by atoms with Gasteiger partial charge in [0.05, 0.1) is 0 Å². The molecule has 0 aliphatic heterocycles. The first-order valence-electron chi connectivity index (χ1n) is 10.9. The molecule has 2 aromatic rings. The van der Waals surface area contributed by atoms with Gasteiger partial charge in [0.1, 0.15) is 0 Å². The van der Waals surface area contributed by atoms with Gasteiger partial charge in [-0.2, -0.15) is 0 Å². The lowest BCUT2D eigenvalue weighted by Gasteiger charge is -2.27. The van der Waals surface area contributed by atoms with Gasteiger partial charge in [-0.05, 0) is 22.8 Å². The smallest absolute Gasteiger partial charge is 0.120 e. The SMILES string of the molecule is CCCCCCC#C[Si](CCCCCC)(c1ccccc1)c1ccccc1. The molecule has 0 unspecified atom stereocenters. The van der Waals surface area contributed by atoms with Crippen molar-refractivity contribution >= 4 is 18.4 Å². The van der Waals surface area contributed by atoms with Crippen LogP contribution in [0.15, 0.2) is 60.7 Å². The van der Waals surface area contributed by atoms with E-state index in [1.54, 1.807) is 0 Å². The van der Waals surface area contributed by atoms with Gasteiger partial charge in [-0.3, -0.25) is 0 Å². The van der Waals surface area contributed by atoms with Crippen molar-refractivity contribution < 1.29 is 0 Å². The fourth-order valence-corrected chi connectivity index (χ4v) is 7.83. The van der Waals surface area contributed by atoms with Gasteiger partial charge in [-0.25, -0.2) is 0 Å². The predicted octanol–water partition coefficient (Wildman–Crippen LogP) is 6.34. The predicted molar refractivity (Wildman–Crippen MR) is 123 cm³/mol. The highest BCUT2D eigenvalue weighted by molar-refractivity contribution is 7.08. The van der Waals surface area contributed by atoms with E-state index in [0.29, 0.717) is 0 Å². The highest BCUT2D eigenvalue weighted by Crippen LogP contribution is 2.17. The van der Waals surface area contributed by atoms with E-state index in [9.17, 15) is 0 Å². The fourth-order valence-electron chi connectivity index (χ4n) is 3.78. The number of unbranched alkanes of at least 4 members (excludes halogenated alkanes) is 7. The second-order valence-electron chi connectivity index (χ2n) is 7.56. The van der Waals surface area contributed by atoms with Crippen molar-refractivity contribution in [3.63, 3.8) is 0 Å². The fraction of sp³-hybridized carbons (Fsp3) is 0.462. The Morgan fingerprint density at radius 1 is 0.630 bits per heavy atom. The zero-order valence-corrected chi connectivity index (χ0v) is 18.3. The maximum Gasteiger partial charge on any atom is 0.199 e. The van der Waals surface area contributed by atoms with Gasteiger partial charge in [-0.15, -0.1) is 11.5 Å². The first kappa shape index (κ1) is 21.5. The maximum atomic E-state index is 3.91. The highest BCUT2D eigenvalue weighted by Gasteiger charge is 2.35. The van der Waals surface area contributed by atoms with E-state index >= 15 is 0 Å². The van der Waals surface area contributed by atoms with Crippen LogP contribution in [0.5, 0.6) is 0 Å². The number of rotatable bonds is 11. The Balaban J connectivity index is 2.32. The van der Waals surface area contributed by atoms with E-state index in [-0.39, 0.29) is 0 Å². The molecule has 1 heteroatoms. The standard InChI is InChI=1S/C26H36Si/c1-3-5-7-9-10-18-24-27(23-17-8-6-4-2,25-19-13-11-14-20-25)26-21-15-12-16-22-26/h11-16,19-22H,3-10,17,23H2,1-2H3. The highest BCUT2D eigenvalue weighted by atomic mass is 28.3. The summed E-state index contributed by atoms with van der Waals surface area (Å²) < 4.78 is 0. The zero-order valence-electron chi connectivity index (χ0n) is 17.3. The lowest BCUT2D eigenvalue weighted by molar-refractivity contribution is 0.679. The van der Waals surface area contributed by atoms with Gasteiger partial charge in [-0.1, -0.05) is 119 Å². The summed E-state index contributed by atoms with van der Waals surface area (Å²) in [7, 11) is -2.03. The normalized spacial score (nSPS) is 11.0. The van der Waals surface area contributed by atoms with Crippen LogP contribution >= 0.6 is 0 Å². The molecular formula is C26H36Si. The van der Waals surface area contributed by atoms with Crippen LogP contribution in [-0.2, 0) is 0 Å². The van der Waals surface area contributed by atoms with Crippen molar-refractivity contribution in [2.24, 2.45) is 0 Å². The van der Waals surface area contributed by atoms with Crippen molar-refractivity contribution in [1.29, 1.82) is 0 Å². The summed E-state index contributed by atoms with van der Waals surface area (Å²) >= 11 is 0. The summed E-state index contributed by atoms with van der Waals surface area (Å²) in [5.74, 6) is 3.63. The molecule has 0 saturated heterocycles. The van der Waals surface area contributed by atoms with Crippen LogP contribution in [0.3, 0.4) is 0 Å². The molecule has 0 N–H and O–H groups in total. The quantitative estimate of drug-likeness (QED) is 0.244. The van der Waals surface area contributed by atoms with Crippen molar-refractivity contribution in [3.05, 3.63) is 60.7 Å². The Labute approximate surface area is 168 Å². The third kappa shape index (κ3) is 6.71. The van der Waals surface area contributed by atoms with Crippen LogP contribution in [0.4, 0.5) is 0 Å². The first-order chi connectivity index (χ1) is 13.3. The molecule has 0 radical (unpaired) electrons. The Hall–Kier alpha value is -1.78. The number of benzene rings is 2. The Bertz CT molecular complexity index is 639. The van der Waals surface area contributed by atoms with Gasteiger partial charge in [0, 0.05) is 6.42 Å². The minimum absolute atomic E-state index is 1.05. The van der Waals surface area contributed by atoms with Crippen LogP contribution in [0.25, 0.3) is 0 Å².